The number of benzene rings is 2. The van der Waals surface area contributed by atoms with Gasteiger partial charge >= 0.3 is 0 Å². The minimum Gasteiger partial charge on any atom is -0.311 e. The summed E-state index contributed by atoms with van der Waals surface area (Å²) in [7, 11) is -2.13. The zero-order valence-corrected chi connectivity index (χ0v) is 15.2. The maximum absolute atomic E-state index is 12.9. The smallest absolute Gasteiger partial charge is 0.240 e. The molecule has 8 heteroatoms. The van der Waals surface area contributed by atoms with Gasteiger partial charge in [-0.05, 0) is 61.5 Å². The quantitative estimate of drug-likeness (QED) is 0.809. The summed E-state index contributed by atoms with van der Waals surface area (Å²) in [6.07, 6.45) is 0.620. The van der Waals surface area contributed by atoms with Gasteiger partial charge in [0.1, 0.15) is 5.82 Å². The largest absolute Gasteiger partial charge is 0.311 e. The van der Waals surface area contributed by atoms with Gasteiger partial charge in [-0.25, -0.2) is 17.5 Å². The molecule has 1 N–H and O–H groups in total. The van der Waals surface area contributed by atoms with Gasteiger partial charge in [-0.15, -0.1) is 11.8 Å². The van der Waals surface area contributed by atoms with Crippen molar-refractivity contribution in [2.45, 2.75) is 16.2 Å². The highest BCUT2D eigenvalue weighted by Gasteiger charge is 2.26. The first-order valence-electron chi connectivity index (χ1n) is 7.66. The number of sulfonamides is 1. The minimum absolute atomic E-state index is 0.0581. The van der Waals surface area contributed by atoms with Gasteiger partial charge in [0.2, 0.25) is 15.9 Å². The molecule has 5 nitrogen and oxygen atoms in total. The van der Waals surface area contributed by atoms with Gasteiger partial charge in [0.15, 0.2) is 0 Å². The van der Waals surface area contributed by atoms with Crippen molar-refractivity contribution in [3.8, 4) is 0 Å². The Labute approximate surface area is 150 Å². The molecule has 132 valence electrons. The average molecular weight is 380 g/mol. The number of hydrogen-bond donors (Lipinski definition) is 1. The minimum atomic E-state index is -3.50. The third-order valence-corrected chi connectivity index (χ3v) is 6.41. The molecule has 1 amide bonds. The van der Waals surface area contributed by atoms with Gasteiger partial charge in [0.05, 0.1) is 10.6 Å². The molecule has 3 rings (SSSR count). The van der Waals surface area contributed by atoms with Crippen LogP contribution in [0.15, 0.2) is 52.3 Å². The first-order valence-corrected chi connectivity index (χ1v) is 10.1. The fraction of sp³-hybridized carbons (Fsp3) is 0.235. The molecule has 0 spiro atoms. The summed E-state index contributed by atoms with van der Waals surface area (Å²) in [4.78, 5) is 15.2. The number of rotatable bonds is 5. The van der Waals surface area contributed by atoms with Crippen molar-refractivity contribution in [3.63, 3.8) is 0 Å². The lowest BCUT2D eigenvalue weighted by Crippen LogP contribution is -2.30. The number of hydrogen-bond acceptors (Lipinski definition) is 4. The van der Waals surface area contributed by atoms with Crippen LogP contribution in [0.5, 0.6) is 0 Å². The van der Waals surface area contributed by atoms with Crippen LogP contribution < -0.4 is 9.62 Å². The van der Waals surface area contributed by atoms with Crippen LogP contribution in [-0.2, 0) is 21.2 Å². The van der Waals surface area contributed by atoms with Crippen LogP contribution >= 0.6 is 11.8 Å². The zero-order chi connectivity index (χ0) is 18.0. The highest BCUT2D eigenvalue weighted by Crippen LogP contribution is 2.31. The van der Waals surface area contributed by atoms with Gasteiger partial charge in [-0.3, -0.25) is 4.79 Å². The van der Waals surface area contributed by atoms with Crippen LogP contribution in [0.4, 0.5) is 10.1 Å². The van der Waals surface area contributed by atoms with E-state index in [9.17, 15) is 17.6 Å². The number of nitrogens with one attached hydrogen (secondary N) is 1. The monoisotopic (exact) mass is 380 g/mol. The van der Waals surface area contributed by atoms with Crippen LogP contribution in [0, 0.1) is 5.82 Å². The van der Waals surface area contributed by atoms with E-state index in [-0.39, 0.29) is 22.4 Å². The molecule has 0 bridgehead atoms. The summed E-state index contributed by atoms with van der Waals surface area (Å²) < 4.78 is 38.9. The predicted octanol–water partition coefficient (Wildman–Crippen LogP) is 2.42. The molecule has 1 aliphatic heterocycles. The van der Waals surface area contributed by atoms with Crippen LogP contribution in [0.3, 0.4) is 0 Å². The van der Waals surface area contributed by atoms with Crippen molar-refractivity contribution < 1.29 is 17.6 Å². The maximum atomic E-state index is 12.9. The topological polar surface area (TPSA) is 66.5 Å². The summed E-state index contributed by atoms with van der Waals surface area (Å²) >= 11 is 1.35. The second-order valence-corrected chi connectivity index (χ2v) is 8.47. The van der Waals surface area contributed by atoms with Crippen molar-refractivity contribution in [1.29, 1.82) is 0 Å². The Morgan fingerprint density at radius 3 is 2.64 bits per heavy atom. The van der Waals surface area contributed by atoms with Crippen LogP contribution in [0.25, 0.3) is 0 Å². The van der Waals surface area contributed by atoms with E-state index < -0.39 is 10.0 Å². The molecular formula is C17H17FN2O3S2. The number of halogens is 1. The second kappa shape index (κ2) is 7.15. The lowest BCUT2D eigenvalue weighted by molar-refractivity contribution is -0.116. The van der Waals surface area contributed by atoms with Gasteiger partial charge in [0, 0.05) is 17.1 Å². The van der Waals surface area contributed by atoms with E-state index in [0.29, 0.717) is 13.0 Å². The van der Waals surface area contributed by atoms with Gasteiger partial charge in [0.25, 0.3) is 0 Å². The Balaban J connectivity index is 1.71. The van der Waals surface area contributed by atoms with Crippen LogP contribution in [0.2, 0.25) is 0 Å². The lowest BCUT2D eigenvalue weighted by Gasteiger charge is -2.17. The summed E-state index contributed by atoms with van der Waals surface area (Å²) in [6, 6.07) is 10.8. The van der Waals surface area contributed by atoms with Crippen molar-refractivity contribution in [1.82, 2.24) is 4.72 Å². The third-order valence-electron chi connectivity index (χ3n) is 4.00. The summed E-state index contributed by atoms with van der Waals surface area (Å²) in [6.45, 7) is 0.529. The number of anilines is 1. The summed E-state index contributed by atoms with van der Waals surface area (Å²) in [5, 5.41) is 0. The van der Waals surface area contributed by atoms with Crippen molar-refractivity contribution in [2.75, 3.05) is 24.2 Å². The highest BCUT2D eigenvalue weighted by molar-refractivity contribution is 8.00. The Morgan fingerprint density at radius 1 is 1.24 bits per heavy atom. The van der Waals surface area contributed by atoms with Crippen molar-refractivity contribution in [3.05, 3.63) is 53.8 Å². The number of carbonyl (C=O) groups excluding carboxylic acids is 1. The fourth-order valence-electron chi connectivity index (χ4n) is 2.68. The summed E-state index contributed by atoms with van der Waals surface area (Å²) in [5.74, 6) is -0.129. The average Bonchev–Trinajstić information content (AvgIpc) is 3.04. The molecule has 0 unspecified atom stereocenters. The molecule has 0 radical (unpaired) electrons. The molecule has 1 aliphatic rings. The highest BCUT2D eigenvalue weighted by atomic mass is 32.2. The molecule has 0 aromatic heterocycles. The second-order valence-electron chi connectivity index (χ2n) is 5.54. The van der Waals surface area contributed by atoms with Gasteiger partial charge < -0.3 is 4.90 Å². The Bertz CT molecular complexity index is 899. The van der Waals surface area contributed by atoms with E-state index in [1.54, 1.807) is 29.2 Å². The normalized spacial score (nSPS) is 13.8. The molecule has 1 heterocycles. The SMILES string of the molecule is CNS(=O)(=O)c1ccc2c(c1)CCN2C(=O)CSc1ccc(F)cc1. The third kappa shape index (κ3) is 3.86. The zero-order valence-electron chi connectivity index (χ0n) is 13.5. The van der Waals surface area contributed by atoms with Crippen LogP contribution in [0.1, 0.15) is 5.56 Å². The van der Waals surface area contributed by atoms with E-state index >= 15 is 0 Å². The molecule has 0 saturated carbocycles. The first kappa shape index (κ1) is 17.9. The lowest BCUT2D eigenvalue weighted by atomic mass is 10.2. The molecule has 0 atom stereocenters. The molecule has 2 aromatic rings. The number of carbonyl (C=O) groups is 1. The molecule has 0 aliphatic carbocycles. The van der Waals surface area contributed by atoms with E-state index in [1.165, 1.54) is 37.0 Å². The van der Waals surface area contributed by atoms with Crippen molar-refractivity contribution in [2.24, 2.45) is 0 Å². The Morgan fingerprint density at radius 2 is 1.96 bits per heavy atom. The molecule has 0 saturated heterocycles. The predicted molar refractivity (Wildman–Crippen MR) is 95.9 cm³/mol. The number of fused-ring (bicyclic) bond motifs is 1. The van der Waals surface area contributed by atoms with E-state index in [4.69, 9.17) is 0 Å². The van der Waals surface area contributed by atoms with Crippen molar-refractivity contribution >= 4 is 33.4 Å². The molecule has 2 aromatic carbocycles. The van der Waals surface area contributed by atoms with E-state index in [0.717, 1.165) is 16.1 Å². The van der Waals surface area contributed by atoms with E-state index in [1.807, 2.05) is 0 Å². The number of amides is 1. The standard InChI is InChI=1S/C17H17FN2O3S2/c1-19-25(22,23)15-6-7-16-12(10-15)8-9-20(16)17(21)11-24-14-4-2-13(18)3-5-14/h2-7,10,19H,8-9,11H2,1H3. The maximum Gasteiger partial charge on any atom is 0.240 e. The Hall–Kier alpha value is -1.90. The first-order chi connectivity index (χ1) is 11.9. The molecular weight excluding hydrogens is 363 g/mol. The van der Waals surface area contributed by atoms with Crippen LogP contribution in [-0.4, -0.2) is 33.7 Å². The molecule has 25 heavy (non-hydrogen) atoms. The number of nitrogens with zero attached hydrogens (tertiary/aromatic N) is 1. The van der Waals surface area contributed by atoms with Gasteiger partial charge in [-0.1, -0.05) is 0 Å². The summed E-state index contributed by atoms with van der Waals surface area (Å²) in [5.41, 5.74) is 1.59. The van der Waals surface area contributed by atoms with Gasteiger partial charge in [-0.2, -0.15) is 0 Å². The van der Waals surface area contributed by atoms with E-state index in [2.05, 4.69) is 4.72 Å². The Kier molecular flexibility index (Phi) is 5.12. The molecule has 0 fully saturated rings. The fourth-order valence-corrected chi connectivity index (χ4v) is 4.23. The number of thioether (sulfide) groups is 1.